The standard InChI is InChI=1S/C21H26N2O2/c24-21(10-9-17-11-12-22-14-17)23-15-18-5-4-6-19(13-18)16-25-20-7-2-1-3-8-20/h1-8,13,17,22H,9-12,14-16H2,(H,23,24). The lowest BCUT2D eigenvalue weighted by atomic mass is 10.0. The summed E-state index contributed by atoms with van der Waals surface area (Å²) in [5, 5.41) is 6.36. The summed E-state index contributed by atoms with van der Waals surface area (Å²) in [6, 6.07) is 18.0. The Morgan fingerprint density at radius 1 is 1.12 bits per heavy atom. The van der Waals surface area contributed by atoms with E-state index in [2.05, 4.69) is 16.7 Å². The van der Waals surface area contributed by atoms with Gasteiger partial charge in [-0.05, 0) is 55.1 Å². The van der Waals surface area contributed by atoms with Gasteiger partial charge in [0.1, 0.15) is 12.4 Å². The van der Waals surface area contributed by atoms with E-state index >= 15 is 0 Å². The Kier molecular flexibility index (Phi) is 6.46. The van der Waals surface area contributed by atoms with Crippen LogP contribution in [0.3, 0.4) is 0 Å². The molecule has 0 bridgehead atoms. The van der Waals surface area contributed by atoms with Crippen LogP contribution >= 0.6 is 0 Å². The topological polar surface area (TPSA) is 50.4 Å². The fraction of sp³-hybridized carbons (Fsp3) is 0.381. The highest BCUT2D eigenvalue weighted by atomic mass is 16.5. The van der Waals surface area contributed by atoms with Gasteiger partial charge >= 0.3 is 0 Å². The molecule has 2 aromatic rings. The van der Waals surface area contributed by atoms with Crippen LogP contribution in [-0.4, -0.2) is 19.0 Å². The zero-order chi connectivity index (χ0) is 17.3. The molecule has 0 saturated carbocycles. The molecule has 3 rings (SSSR count). The quantitative estimate of drug-likeness (QED) is 0.777. The van der Waals surface area contributed by atoms with Crippen molar-refractivity contribution in [1.82, 2.24) is 10.6 Å². The van der Waals surface area contributed by atoms with E-state index in [9.17, 15) is 4.79 Å². The molecule has 1 fully saturated rings. The molecule has 0 spiro atoms. The number of carbonyl (C=O) groups excluding carboxylic acids is 1. The maximum Gasteiger partial charge on any atom is 0.220 e. The summed E-state index contributed by atoms with van der Waals surface area (Å²) in [5.74, 6) is 1.66. The fourth-order valence-electron chi connectivity index (χ4n) is 3.10. The van der Waals surface area contributed by atoms with Crippen molar-refractivity contribution in [3.8, 4) is 5.75 Å². The molecule has 1 saturated heterocycles. The smallest absolute Gasteiger partial charge is 0.220 e. The number of amides is 1. The number of benzene rings is 2. The first-order valence-electron chi connectivity index (χ1n) is 9.03. The summed E-state index contributed by atoms with van der Waals surface area (Å²) in [4.78, 5) is 12.0. The Hall–Kier alpha value is -2.33. The third-order valence-corrected chi connectivity index (χ3v) is 4.57. The summed E-state index contributed by atoms with van der Waals surface area (Å²) >= 11 is 0. The lowest BCUT2D eigenvalue weighted by molar-refractivity contribution is -0.121. The number of hydrogen-bond donors (Lipinski definition) is 2. The van der Waals surface area contributed by atoms with Crippen LogP contribution in [0.5, 0.6) is 5.75 Å². The average Bonchev–Trinajstić information content (AvgIpc) is 3.18. The third-order valence-electron chi connectivity index (χ3n) is 4.57. The summed E-state index contributed by atoms with van der Waals surface area (Å²) in [6.07, 6.45) is 2.78. The largest absolute Gasteiger partial charge is 0.489 e. The van der Waals surface area contributed by atoms with E-state index in [4.69, 9.17) is 4.74 Å². The minimum Gasteiger partial charge on any atom is -0.489 e. The summed E-state index contributed by atoms with van der Waals surface area (Å²) in [5.41, 5.74) is 2.21. The molecule has 0 aromatic heterocycles. The van der Waals surface area contributed by atoms with Crippen LogP contribution in [-0.2, 0) is 17.9 Å². The Morgan fingerprint density at radius 3 is 2.76 bits per heavy atom. The summed E-state index contributed by atoms with van der Waals surface area (Å²) < 4.78 is 5.77. The first kappa shape index (κ1) is 17.5. The first-order valence-corrected chi connectivity index (χ1v) is 9.03. The molecule has 1 heterocycles. The lowest BCUT2D eigenvalue weighted by Crippen LogP contribution is -2.23. The van der Waals surface area contributed by atoms with Crippen LogP contribution in [0.15, 0.2) is 54.6 Å². The van der Waals surface area contributed by atoms with Crippen molar-refractivity contribution in [2.24, 2.45) is 5.92 Å². The van der Waals surface area contributed by atoms with Crippen molar-refractivity contribution in [1.29, 1.82) is 0 Å². The van der Waals surface area contributed by atoms with Crippen molar-refractivity contribution < 1.29 is 9.53 Å². The molecule has 1 unspecified atom stereocenters. The molecule has 132 valence electrons. The monoisotopic (exact) mass is 338 g/mol. The van der Waals surface area contributed by atoms with Crippen LogP contribution in [0.4, 0.5) is 0 Å². The molecule has 2 aromatic carbocycles. The molecular formula is C21H26N2O2. The van der Waals surface area contributed by atoms with Gasteiger partial charge in [-0.1, -0.05) is 42.5 Å². The number of para-hydroxylation sites is 1. The SMILES string of the molecule is O=C(CCC1CCNC1)NCc1cccc(COc2ccccc2)c1. The van der Waals surface area contributed by atoms with Crippen LogP contribution in [0, 0.1) is 5.92 Å². The van der Waals surface area contributed by atoms with Gasteiger partial charge in [0.15, 0.2) is 0 Å². The fourth-order valence-corrected chi connectivity index (χ4v) is 3.10. The zero-order valence-electron chi connectivity index (χ0n) is 14.5. The van der Waals surface area contributed by atoms with Gasteiger partial charge in [-0.2, -0.15) is 0 Å². The number of nitrogens with one attached hydrogen (secondary N) is 2. The van der Waals surface area contributed by atoms with E-state index in [1.807, 2.05) is 48.5 Å². The molecule has 25 heavy (non-hydrogen) atoms. The summed E-state index contributed by atoms with van der Waals surface area (Å²) in [7, 11) is 0. The minimum absolute atomic E-state index is 0.137. The van der Waals surface area contributed by atoms with E-state index in [0.29, 0.717) is 25.5 Å². The van der Waals surface area contributed by atoms with Crippen molar-refractivity contribution >= 4 is 5.91 Å². The van der Waals surface area contributed by atoms with Gasteiger partial charge in [0.25, 0.3) is 0 Å². The van der Waals surface area contributed by atoms with E-state index in [1.165, 1.54) is 6.42 Å². The highest BCUT2D eigenvalue weighted by molar-refractivity contribution is 5.75. The molecule has 1 aliphatic rings. The first-order chi connectivity index (χ1) is 12.3. The molecule has 0 radical (unpaired) electrons. The Balaban J connectivity index is 1.42. The van der Waals surface area contributed by atoms with E-state index < -0.39 is 0 Å². The average molecular weight is 338 g/mol. The van der Waals surface area contributed by atoms with E-state index in [-0.39, 0.29) is 5.91 Å². The molecule has 2 N–H and O–H groups in total. The summed E-state index contributed by atoms with van der Waals surface area (Å²) in [6.45, 7) is 3.24. The maximum atomic E-state index is 12.0. The second kappa shape index (κ2) is 9.23. The molecule has 1 atom stereocenters. The zero-order valence-corrected chi connectivity index (χ0v) is 14.5. The predicted octanol–water partition coefficient (Wildman–Crippen LogP) is 3.27. The molecular weight excluding hydrogens is 312 g/mol. The Labute approximate surface area is 149 Å². The Morgan fingerprint density at radius 2 is 1.96 bits per heavy atom. The van der Waals surface area contributed by atoms with Crippen LogP contribution in [0.25, 0.3) is 0 Å². The molecule has 4 heteroatoms. The highest BCUT2D eigenvalue weighted by Crippen LogP contribution is 2.15. The van der Waals surface area contributed by atoms with E-state index in [0.717, 1.165) is 36.4 Å². The number of rotatable bonds is 8. The second-order valence-corrected chi connectivity index (χ2v) is 6.60. The molecule has 1 aliphatic heterocycles. The maximum absolute atomic E-state index is 12.0. The third kappa shape index (κ3) is 5.91. The second-order valence-electron chi connectivity index (χ2n) is 6.60. The predicted molar refractivity (Wildman–Crippen MR) is 99.3 cm³/mol. The van der Waals surface area contributed by atoms with Gasteiger partial charge in [-0.3, -0.25) is 4.79 Å². The molecule has 1 amide bonds. The number of carbonyl (C=O) groups is 1. The van der Waals surface area contributed by atoms with Crippen molar-refractivity contribution in [2.75, 3.05) is 13.1 Å². The van der Waals surface area contributed by atoms with Crippen LogP contribution in [0.2, 0.25) is 0 Å². The Bertz CT molecular complexity index is 667. The van der Waals surface area contributed by atoms with Crippen LogP contribution in [0.1, 0.15) is 30.4 Å². The number of ether oxygens (including phenoxy) is 1. The van der Waals surface area contributed by atoms with Crippen molar-refractivity contribution in [2.45, 2.75) is 32.4 Å². The van der Waals surface area contributed by atoms with Gasteiger partial charge in [0.05, 0.1) is 0 Å². The van der Waals surface area contributed by atoms with Gasteiger partial charge in [0, 0.05) is 13.0 Å². The number of hydrogen-bond acceptors (Lipinski definition) is 3. The normalized spacial score (nSPS) is 16.6. The van der Waals surface area contributed by atoms with Gasteiger partial charge in [0.2, 0.25) is 5.91 Å². The minimum atomic E-state index is 0.137. The van der Waals surface area contributed by atoms with Crippen molar-refractivity contribution in [3.63, 3.8) is 0 Å². The highest BCUT2D eigenvalue weighted by Gasteiger charge is 2.15. The van der Waals surface area contributed by atoms with E-state index in [1.54, 1.807) is 0 Å². The van der Waals surface area contributed by atoms with Gasteiger partial charge < -0.3 is 15.4 Å². The van der Waals surface area contributed by atoms with Gasteiger partial charge in [-0.15, -0.1) is 0 Å². The molecule has 4 nitrogen and oxygen atoms in total. The van der Waals surface area contributed by atoms with Crippen molar-refractivity contribution in [3.05, 3.63) is 65.7 Å². The lowest BCUT2D eigenvalue weighted by Gasteiger charge is -2.10. The molecule has 0 aliphatic carbocycles. The van der Waals surface area contributed by atoms with Gasteiger partial charge in [-0.25, -0.2) is 0 Å². The van der Waals surface area contributed by atoms with Crippen LogP contribution < -0.4 is 15.4 Å².